The molecule has 0 radical (unpaired) electrons. The first kappa shape index (κ1) is 25.2. The van der Waals surface area contributed by atoms with E-state index in [1.54, 1.807) is 64.1 Å². The molecule has 0 spiro atoms. The Hall–Kier alpha value is -3.06. The van der Waals surface area contributed by atoms with Crippen molar-refractivity contribution in [1.29, 1.82) is 0 Å². The molecule has 8 heteroatoms. The molecule has 0 aliphatic rings. The quantitative estimate of drug-likeness (QED) is 0.422. The molecule has 0 aliphatic heterocycles. The second kappa shape index (κ2) is 11.5. The first-order valence-electron chi connectivity index (χ1n) is 10.2. The van der Waals surface area contributed by atoms with Crippen LogP contribution in [0.25, 0.3) is 0 Å². The molecule has 0 heterocycles. The van der Waals surface area contributed by atoms with Crippen molar-refractivity contribution in [2.24, 2.45) is 5.92 Å². The molecule has 1 amide bonds. The molecule has 1 N–H and O–H groups in total. The number of hydrogen-bond acceptors (Lipinski definition) is 6. The molecule has 0 saturated carbocycles. The fourth-order valence-corrected chi connectivity index (χ4v) is 2.69. The van der Waals surface area contributed by atoms with Crippen LogP contribution in [0.15, 0.2) is 48.5 Å². The lowest BCUT2D eigenvalue weighted by Crippen LogP contribution is -2.40. The highest BCUT2D eigenvalue weighted by molar-refractivity contribution is 6.30. The summed E-state index contributed by atoms with van der Waals surface area (Å²) >= 11 is 5.83. The Balaban J connectivity index is 1.79. The van der Waals surface area contributed by atoms with Crippen LogP contribution in [-0.4, -0.2) is 36.8 Å². The molecule has 2 rings (SSSR count). The zero-order valence-corrected chi connectivity index (χ0v) is 19.4. The van der Waals surface area contributed by atoms with Crippen molar-refractivity contribution >= 4 is 29.4 Å². The summed E-state index contributed by atoms with van der Waals surface area (Å²) in [5, 5.41) is 3.44. The lowest BCUT2D eigenvalue weighted by atomic mass is 10.1. The molecular formula is C24H28ClNO6. The van der Waals surface area contributed by atoms with E-state index < -0.39 is 24.3 Å². The zero-order chi connectivity index (χ0) is 23.7. The van der Waals surface area contributed by atoms with E-state index >= 15 is 0 Å². The van der Waals surface area contributed by atoms with E-state index in [1.165, 1.54) is 0 Å². The second-order valence-electron chi connectivity index (χ2n) is 7.94. The molecule has 0 fully saturated rings. The normalized spacial score (nSPS) is 11.1. The molecule has 2 aromatic rings. The number of esters is 2. The van der Waals surface area contributed by atoms with Crippen molar-refractivity contribution in [2.45, 2.75) is 39.7 Å². The summed E-state index contributed by atoms with van der Waals surface area (Å²) in [5.41, 5.74) is 0.277. The van der Waals surface area contributed by atoms with Crippen molar-refractivity contribution in [1.82, 2.24) is 5.32 Å². The van der Waals surface area contributed by atoms with Crippen LogP contribution in [0.5, 0.6) is 5.75 Å². The maximum atomic E-state index is 12.2. The van der Waals surface area contributed by atoms with Gasteiger partial charge in [-0.2, -0.15) is 0 Å². The van der Waals surface area contributed by atoms with Crippen molar-refractivity contribution < 1.29 is 28.6 Å². The largest absolute Gasteiger partial charge is 0.476 e. The first-order chi connectivity index (χ1) is 15.1. The fraction of sp³-hybridized carbons (Fsp3) is 0.375. The predicted molar refractivity (Wildman–Crippen MR) is 121 cm³/mol. The van der Waals surface area contributed by atoms with Gasteiger partial charge in [-0.15, -0.1) is 0 Å². The van der Waals surface area contributed by atoms with Crippen LogP contribution in [0.4, 0.5) is 0 Å². The van der Waals surface area contributed by atoms with E-state index in [9.17, 15) is 14.4 Å². The zero-order valence-electron chi connectivity index (χ0n) is 18.6. The lowest BCUT2D eigenvalue weighted by Gasteiger charge is -2.24. The van der Waals surface area contributed by atoms with Gasteiger partial charge in [0.1, 0.15) is 5.75 Å². The molecule has 0 bridgehead atoms. The minimum absolute atomic E-state index is 0.166. The molecule has 7 nitrogen and oxygen atoms in total. The molecule has 2 aromatic carbocycles. The van der Waals surface area contributed by atoms with Gasteiger partial charge in [0.25, 0.3) is 5.91 Å². The van der Waals surface area contributed by atoms with Crippen molar-refractivity contribution in [3.05, 3.63) is 64.7 Å². The summed E-state index contributed by atoms with van der Waals surface area (Å²) in [6.45, 7) is 6.53. The first-order valence-corrected chi connectivity index (χ1v) is 10.6. The molecule has 172 valence electrons. The summed E-state index contributed by atoms with van der Waals surface area (Å²) in [5.74, 6) is -1.08. The second-order valence-corrected chi connectivity index (χ2v) is 8.37. The highest BCUT2D eigenvalue weighted by Gasteiger charge is 2.32. The van der Waals surface area contributed by atoms with Crippen LogP contribution < -0.4 is 10.1 Å². The third kappa shape index (κ3) is 7.89. The molecular weight excluding hydrogens is 434 g/mol. The van der Waals surface area contributed by atoms with Crippen LogP contribution in [0.3, 0.4) is 0 Å². The number of amides is 1. The highest BCUT2D eigenvalue weighted by Crippen LogP contribution is 2.20. The molecule has 0 saturated heterocycles. The standard InChI is InChI=1S/C24H28ClNO6/c1-16(2)22(28)30-15-31-23(29)24(3,4)32-20-11-5-17(6-12-20)13-14-26-21(27)18-7-9-19(25)10-8-18/h5-12,16H,13-15H2,1-4H3,(H,26,27). The van der Waals surface area contributed by atoms with Gasteiger partial charge in [0, 0.05) is 17.1 Å². The van der Waals surface area contributed by atoms with Crippen LogP contribution in [0.1, 0.15) is 43.6 Å². The third-order valence-electron chi connectivity index (χ3n) is 4.46. The van der Waals surface area contributed by atoms with E-state index in [2.05, 4.69) is 5.32 Å². The number of halogens is 1. The fourth-order valence-electron chi connectivity index (χ4n) is 2.57. The average Bonchev–Trinajstić information content (AvgIpc) is 2.74. The summed E-state index contributed by atoms with van der Waals surface area (Å²) in [6, 6.07) is 13.9. The Morgan fingerprint density at radius 1 is 0.969 bits per heavy atom. The molecule has 0 unspecified atom stereocenters. The van der Waals surface area contributed by atoms with E-state index in [0.717, 1.165) is 5.56 Å². The number of hydrogen-bond donors (Lipinski definition) is 1. The van der Waals surface area contributed by atoms with Crippen LogP contribution in [0, 0.1) is 5.92 Å². The van der Waals surface area contributed by atoms with E-state index in [1.807, 2.05) is 12.1 Å². The number of ether oxygens (including phenoxy) is 3. The van der Waals surface area contributed by atoms with E-state index in [0.29, 0.717) is 29.3 Å². The van der Waals surface area contributed by atoms with Crippen LogP contribution in [-0.2, 0) is 25.5 Å². The number of carbonyl (C=O) groups excluding carboxylic acids is 3. The van der Waals surface area contributed by atoms with Gasteiger partial charge in [-0.3, -0.25) is 9.59 Å². The number of benzene rings is 2. The smallest absolute Gasteiger partial charge is 0.352 e. The van der Waals surface area contributed by atoms with E-state index in [4.69, 9.17) is 25.8 Å². The van der Waals surface area contributed by atoms with Gasteiger partial charge in [0.2, 0.25) is 6.79 Å². The summed E-state index contributed by atoms with van der Waals surface area (Å²) in [6.07, 6.45) is 0.631. The Bertz CT molecular complexity index is 923. The Morgan fingerprint density at radius 3 is 2.19 bits per heavy atom. The van der Waals surface area contributed by atoms with Crippen molar-refractivity contribution in [3.8, 4) is 5.75 Å². The summed E-state index contributed by atoms with van der Waals surface area (Å²) < 4.78 is 15.6. The predicted octanol–water partition coefficient (Wildman–Crippen LogP) is 4.17. The van der Waals surface area contributed by atoms with Gasteiger partial charge in [0.05, 0.1) is 5.92 Å². The Kier molecular flexibility index (Phi) is 9.08. The lowest BCUT2D eigenvalue weighted by molar-refractivity contribution is -0.178. The molecule has 0 atom stereocenters. The maximum Gasteiger partial charge on any atom is 0.352 e. The number of rotatable bonds is 10. The van der Waals surface area contributed by atoms with Gasteiger partial charge in [-0.05, 0) is 62.2 Å². The van der Waals surface area contributed by atoms with Crippen molar-refractivity contribution in [3.63, 3.8) is 0 Å². The molecule has 0 aliphatic carbocycles. The number of carbonyl (C=O) groups is 3. The van der Waals surface area contributed by atoms with Crippen LogP contribution in [0.2, 0.25) is 5.02 Å². The Morgan fingerprint density at radius 2 is 1.59 bits per heavy atom. The SMILES string of the molecule is CC(C)C(=O)OCOC(=O)C(C)(C)Oc1ccc(CCNC(=O)c2ccc(Cl)cc2)cc1. The minimum atomic E-state index is -1.27. The topological polar surface area (TPSA) is 90.9 Å². The highest BCUT2D eigenvalue weighted by atomic mass is 35.5. The van der Waals surface area contributed by atoms with Crippen LogP contribution >= 0.6 is 11.6 Å². The molecule has 32 heavy (non-hydrogen) atoms. The van der Waals surface area contributed by atoms with Gasteiger partial charge in [-0.1, -0.05) is 37.6 Å². The van der Waals surface area contributed by atoms with Gasteiger partial charge < -0.3 is 19.5 Å². The third-order valence-corrected chi connectivity index (χ3v) is 4.71. The van der Waals surface area contributed by atoms with Gasteiger partial charge in [-0.25, -0.2) is 4.79 Å². The van der Waals surface area contributed by atoms with Gasteiger partial charge >= 0.3 is 11.9 Å². The maximum absolute atomic E-state index is 12.2. The monoisotopic (exact) mass is 461 g/mol. The molecule has 0 aromatic heterocycles. The Labute approximate surface area is 193 Å². The summed E-state index contributed by atoms with van der Waals surface area (Å²) in [7, 11) is 0. The minimum Gasteiger partial charge on any atom is -0.476 e. The van der Waals surface area contributed by atoms with Gasteiger partial charge in [0.15, 0.2) is 5.60 Å². The van der Waals surface area contributed by atoms with Crippen molar-refractivity contribution in [2.75, 3.05) is 13.3 Å². The number of nitrogens with one attached hydrogen (secondary N) is 1. The van der Waals surface area contributed by atoms with E-state index in [-0.39, 0.29) is 11.8 Å². The summed E-state index contributed by atoms with van der Waals surface area (Å²) in [4.78, 5) is 35.8. The average molecular weight is 462 g/mol.